The molecule has 1 aliphatic heterocycles. The fraction of sp³-hybridized carbons (Fsp3) is 0.310. The van der Waals surface area contributed by atoms with Gasteiger partial charge in [-0.15, -0.1) is 0 Å². The van der Waals surface area contributed by atoms with Crippen LogP contribution >= 0.6 is 0 Å². The molecule has 1 saturated heterocycles. The maximum Gasteiger partial charge on any atom is 0.410 e. The zero-order chi connectivity index (χ0) is 28.9. The van der Waals surface area contributed by atoms with Crippen molar-refractivity contribution in [2.75, 3.05) is 11.9 Å². The summed E-state index contributed by atoms with van der Waals surface area (Å²) in [5, 5.41) is 15.9. The highest BCUT2D eigenvalue weighted by Crippen LogP contribution is 2.35. The van der Waals surface area contributed by atoms with Gasteiger partial charge in [-0.2, -0.15) is 15.2 Å². The molecular weight excluding hydrogens is 524 g/mol. The van der Waals surface area contributed by atoms with Gasteiger partial charge < -0.3 is 14.6 Å². The number of hydrogen-bond acceptors (Lipinski definition) is 8. The van der Waals surface area contributed by atoms with Crippen LogP contribution in [-0.4, -0.2) is 58.6 Å². The topological polar surface area (TPSA) is 133 Å². The Morgan fingerprint density at radius 1 is 1.12 bits per heavy atom. The molecule has 5 heterocycles. The average Bonchev–Trinajstić information content (AvgIpc) is 3.63. The zero-order valence-corrected chi connectivity index (χ0v) is 23.5. The van der Waals surface area contributed by atoms with Crippen molar-refractivity contribution in [2.45, 2.75) is 45.8 Å². The molecule has 41 heavy (non-hydrogen) atoms. The molecule has 1 atom stereocenters. The molecule has 4 aromatic heterocycles. The van der Waals surface area contributed by atoms with Crippen LogP contribution in [0.2, 0.25) is 0 Å². The van der Waals surface area contributed by atoms with E-state index in [1.54, 1.807) is 26.4 Å². The first-order valence-corrected chi connectivity index (χ1v) is 13.3. The molecule has 0 unspecified atom stereocenters. The quantitative estimate of drug-likeness (QED) is 0.320. The number of likely N-dealkylation sites (tertiary alicyclic amines) is 1. The Labute approximate surface area is 235 Å². The lowest BCUT2D eigenvalue weighted by Gasteiger charge is -2.39. The third kappa shape index (κ3) is 5.15. The highest BCUT2D eigenvalue weighted by molar-refractivity contribution is 6.09. The molecule has 0 aliphatic carbocycles. The SMILES string of the molecule is Cc1ccc(-c2noc([C@H]3CCN3C(=O)OC(C)(C)C)n2)cc1NC(=O)c1cnn2cc(-c3ccn(C)n3)ccc12. The van der Waals surface area contributed by atoms with E-state index in [9.17, 15) is 9.59 Å². The van der Waals surface area contributed by atoms with Gasteiger partial charge in [0.2, 0.25) is 11.7 Å². The molecule has 1 aromatic carbocycles. The number of fused-ring (bicyclic) bond motifs is 1. The van der Waals surface area contributed by atoms with E-state index in [0.717, 1.165) is 16.8 Å². The van der Waals surface area contributed by atoms with Crippen LogP contribution in [0.5, 0.6) is 0 Å². The fourth-order valence-electron chi connectivity index (χ4n) is 4.64. The molecule has 210 valence electrons. The highest BCUT2D eigenvalue weighted by Gasteiger charge is 2.39. The zero-order valence-electron chi connectivity index (χ0n) is 23.5. The van der Waals surface area contributed by atoms with Gasteiger partial charge in [-0.05, 0) is 63.9 Å². The standard InChI is InChI=1S/C29H30N8O4/c1-17-6-7-18(25-32-27(41-34-25)24-11-13-36(24)28(39)40-29(2,3)4)14-22(17)31-26(38)20-15-30-37-16-19(8-9-23(20)37)21-10-12-35(5)33-21/h6-10,12,14-16,24H,11,13H2,1-5H3,(H,31,38)/t24-/m1/s1. The van der Waals surface area contributed by atoms with E-state index in [1.807, 2.05) is 77.5 Å². The minimum Gasteiger partial charge on any atom is -0.444 e. The molecule has 0 radical (unpaired) electrons. The molecule has 1 N–H and O–H groups in total. The number of amides is 2. The van der Waals surface area contributed by atoms with Gasteiger partial charge in [0.1, 0.15) is 11.6 Å². The smallest absolute Gasteiger partial charge is 0.410 e. The number of carbonyl (C=O) groups is 2. The Bertz CT molecular complexity index is 1780. The molecule has 12 heteroatoms. The van der Waals surface area contributed by atoms with Crippen LogP contribution in [-0.2, 0) is 11.8 Å². The van der Waals surface area contributed by atoms with E-state index < -0.39 is 11.7 Å². The maximum absolute atomic E-state index is 13.3. The predicted octanol–water partition coefficient (Wildman–Crippen LogP) is 5.03. The lowest BCUT2D eigenvalue weighted by atomic mass is 10.0. The molecular formula is C29H30N8O4. The summed E-state index contributed by atoms with van der Waals surface area (Å²) in [5.74, 6) is 0.423. The number of aryl methyl sites for hydroxylation is 2. The molecule has 12 nitrogen and oxygen atoms in total. The second-order valence-corrected chi connectivity index (χ2v) is 11.1. The predicted molar refractivity (Wildman–Crippen MR) is 150 cm³/mol. The molecule has 0 spiro atoms. The summed E-state index contributed by atoms with van der Waals surface area (Å²) in [5.41, 5.74) is 4.40. The van der Waals surface area contributed by atoms with E-state index in [0.29, 0.717) is 47.0 Å². The van der Waals surface area contributed by atoms with Crippen molar-refractivity contribution >= 4 is 23.2 Å². The third-order valence-electron chi connectivity index (χ3n) is 6.89. The Balaban J connectivity index is 1.19. The molecule has 1 fully saturated rings. The summed E-state index contributed by atoms with van der Waals surface area (Å²) in [6, 6.07) is 10.9. The lowest BCUT2D eigenvalue weighted by Crippen LogP contribution is -2.47. The van der Waals surface area contributed by atoms with Crippen LogP contribution in [0.15, 0.2) is 59.5 Å². The fourth-order valence-corrected chi connectivity index (χ4v) is 4.64. The second kappa shape index (κ2) is 9.88. The van der Waals surface area contributed by atoms with Gasteiger partial charge in [0, 0.05) is 42.8 Å². The van der Waals surface area contributed by atoms with Crippen LogP contribution in [0, 0.1) is 6.92 Å². The first-order valence-electron chi connectivity index (χ1n) is 13.3. The normalized spacial score (nSPS) is 15.1. The number of carbonyl (C=O) groups excluding carboxylic acids is 2. The van der Waals surface area contributed by atoms with Crippen molar-refractivity contribution in [1.82, 2.24) is 34.4 Å². The van der Waals surface area contributed by atoms with Crippen molar-refractivity contribution in [3.05, 3.63) is 72.0 Å². The number of benzene rings is 1. The van der Waals surface area contributed by atoms with Gasteiger partial charge in [-0.3, -0.25) is 14.4 Å². The van der Waals surface area contributed by atoms with Crippen molar-refractivity contribution in [3.8, 4) is 22.6 Å². The largest absolute Gasteiger partial charge is 0.444 e. The van der Waals surface area contributed by atoms with E-state index in [4.69, 9.17) is 9.26 Å². The number of hydrogen-bond donors (Lipinski definition) is 1. The lowest BCUT2D eigenvalue weighted by molar-refractivity contribution is -0.0119. The monoisotopic (exact) mass is 554 g/mol. The number of rotatable bonds is 5. The average molecular weight is 555 g/mol. The molecule has 0 saturated carbocycles. The van der Waals surface area contributed by atoms with Gasteiger partial charge in [-0.25, -0.2) is 9.31 Å². The van der Waals surface area contributed by atoms with Crippen molar-refractivity contribution in [2.24, 2.45) is 7.05 Å². The summed E-state index contributed by atoms with van der Waals surface area (Å²) in [6.07, 6.45) is 5.57. The Morgan fingerprint density at radius 3 is 2.63 bits per heavy atom. The van der Waals surface area contributed by atoms with E-state index in [-0.39, 0.29) is 11.9 Å². The van der Waals surface area contributed by atoms with Crippen LogP contribution < -0.4 is 5.32 Å². The Kier molecular flexibility index (Phi) is 6.32. The minimum absolute atomic E-state index is 0.290. The van der Waals surface area contributed by atoms with Gasteiger partial charge >= 0.3 is 6.09 Å². The molecule has 2 amide bonds. The van der Waals surface area contributed by atoms with Crippen LogP contribution in [0.1, 0.15) is 55.0 Å². The molecule has 0 bridgehead atoms. The number of nitrogens with one attached hydrogen (secondary N) is 1. The van der Waals surface area contributed by atoms with Gasteiger partial charge in [0.25, 0.3) is 5.91 Å². The number of nitrogens with zero attached hydrogens (tertiary/aromatic N) is 7. The third-order valence-corrected chi connectivity index (χ3v) is 6.89. The summed E-state index contributed by atoms with van der Waals surface area (Å²) in [7, 11) is 1.86. The number of anilines is 1. The Hall–Kier alpha value is -5.00. The van der Waals surface area contributed by atoms with E-state index >= 15 is 0 Å². The summed E-state index contributed by atoms with van der Waals surface area (Å²) < 4.78 is 14.4. The van der Waals surface area contributed by atoms with Gasteiger partial charge in [-0.1, -0.05) is 17.3 Å². The second-order valence-electron chi connectivity index (χ2n) is 11.1. The highest BCUT2D eigenvalue weighted by atomic mass is 16.6. The van der Waals surface area contributed by atoms with Crippen molar-refractivity contribution < 1.29 is 18.8 Å². The summed E-state index contributed by atoms with van der Waals surface area (Å²) in [6.45, 7) is 7.95. The number of ether oxygens (including phenoxy) is 1. The minimum atomic E-state index is -0.591. The molecule has 1 aliphatic rings. The first-order chi connectivity index (χ1) is 19.6. The summed E-state index contributed by atoms with van der Waals surface area (Å²) in [4.78, 5) is 31.9. The molecule has 5 aromatic rings. The number of aromatic nitrogens is 6. The summed E-state index contributed by atoms with van der Waals surface area (Å²) >= 11 is 0. The van der Waals surface area contributed by atoms with Crippen LogP contribution in [0.4, 0.5) is 10.5 Å². The number of pyridine rings is 1. The van der Waals surface area contributed by atoms with E-state index in [2.05, 4.69) is 25.7 Å². The molecule has 6 rings (SSSR count). The van der Waals surface area contributed by atoms with Crippen molar-refractivity contribution in [1.29, 1.82) is 0 Å². The van der Waals surface area contributed by atoms with Gasteiger partial charge in [0.05, 0.1) is 23.0 Å². The van der Waals surface area contributed by atoms with E-state index in [1.165, 1.54) is 0 Å². The van der Waals surface area contributed by atoms with Crippen LogP contribution in [0.3, 0.4) is 0 Å². The van der Waals surface area contributed by atoms with Gasteiger partial charge in [0.15, 0.2) is 0 Å². The Morgan fingerprint density at radius 2 is 1.93 bits per heavy atom. The van der Waals surface area contributed by atoms with Crippen LogP contribution in [0.25, 0.3) is 28.2 Å². The maximum atomic E-state index is 13.3. The van der Waals surface area contributed by atoms with Crippen molar-refractivity contribution in [3.63, 3.8) is 0 Å². The first kappa shape index (κ1) is 26.2.